The average molecular weight is 260 g/mol. The van der Waals surface area contributed by atoms with Crippen molar-refractivity contribution in [3.05, 3.63) is 0 Å². The highest BCUT2D eigenvalue weighted by Crippen LogP contribution is 2.17. The maximum absolute atomic E-state index is 11.3. The van der Waals surface area contributed by atoms with Crippen LogP contribution < -0.4 is 0 Å². The van der Waals surface area contributed by atoms with Crippen molar-refractivity contribution in [3.8, 4) is 0 Å². The quantitative estimate of drug-likeness (QED) is 0.655. The smallest absolute Gasteiger partial charge is 0.344 e. The van der Waals surface area contributed by atoms with Gasteiger partial charge in [0.05, 0.1) is 6.61 Å². The molecule has 5 nitrogen and oxygen atoms in total. The number of hydrogen-bond acceptors (Lipinski definition) is 5. The van der Waals surface area contributed by atoms with E-state index in [1.165, 1.54) is 0 Å². The molecule has 18 heavy (non-hydrogen) atoms. The van der Waals surface area contributed by atoms with Crippen LogP contribution in [0, 0.1) is 5.41 Å². The Morgan fingerprint density at radius 3 is 2.28 bits per heavy atom. The van der Waals surface area contributed by atoms with Crippen LogP contribution >= 0.6 is 0 Å². The molecule has 0 aliphatic carbocycles. The Bertz CT molecular complexity index is 267. The van der Waals surface area contributed by atoms with E-state index in [1.807, 2.05) is 0 Å². The lowest BCUT2D eigenvalue weighted by molar-refractivity contribution is -0.165. The molecule has 0 rings (SSSR count). The van der Waals surface area contributed by atoms with Gasteiger partial charge in [0.25, 0.3) is 0 Å². The molecule has 106 valence electrons. The maximum atomic E-state index is 11.3. The molecule has 0 amide bonds. The van der Waals surface area contributed by atoms with E-state index < -0.39 is 18.0 Å². The minimum atomic E-state index is -0.655. The number of hydrogen-bond donors (Lipinski definition) is 0. The second-order valence-electron chi connectivity index (χ2n) is 5.24. The van der Waals surface area contributed by atoms with Gasteiger partial charge in [-0.1, -0.05) is 20.8 Å². The lowest BCUT2D eigenvalue weighted by Crippen LogP contribution is -2.26. The summed E-state index contributed by atoms with van der Waals surface area (Å²) in [5.41, 5.74) is 0.112. The van der Waals surface area contributed by atoms with Gasteiger partial charge in [-0.05, 0) is 25.7 Å². The Hall–Kier alpha value is -1.10. The van der Waals surface area contributed by atoms with Crippen LogP contribution in [-0.4, -0.2) is 37.9 Å². The highest BCUT2D eigenvalue weighted by atomic mass is 16.6. The molecule has 0 saturated carbocycles. The molecular formula is C13H24O5. The van der Waals surface area contributed by atoms with Crippen LogP contribution in [0.4, 0.5) is 0 Å². The standard InChI is InChI=1S/C13H24O5/c1-6-16-10(2)12(15)18-9-11(14)17-8-7-13(3,4)5/h10H,6-9H2,1-5H3. The second kappa shape index (κ2) is 8.08. The number of carbonyl (C=O) groups excluding carboxylic acids is 2. The normalized spacial score (nSPS) is 12.9. The largest absolute Gasteiger partial charge is 0.463 e. The van der Waals surface area contributed by atoms with Gasteiger partial charge in [0, 0.05) is 6.61 Å². The van der Waals surface area contributed by atoms with E-state index in [1.54, 1.807) is 13.8 Å². The Morgan fingerprint density at radius 2 is 1.78 bits per heavy atom. The fraction of sp³-hybridized carbons (Fsp3) is 0.846. The summed E-state index contributed by atoms with van der Waals surface area (Å²) in [7, 11) is 0. The zero-order chi connectivity index (χ0) is 14.2. The second-order valence-corrected chi connectivity index (χ2v) is 5.24. The van der Waals surface area contributed by atoms with Crippen molar-refractivity contribution in [1.82, 2.24) is 0 Å². The van der Waals surface area contributed by atoms with E-state index in [4.69, 9.17) is 14.2 Å². The Balaban J connectivity index is 3.74. The molecule has 0 fully saturated rings. The van der Waals surface area contributed by atoms with Gasteiger partial charge in [-0.2, -0.15) is 0 Å². The van der Waals surface area contributed by atoms with Crippen molar-refractivity contribution in [2.24, 2.45) is 5.41 Å². The van der Waals surface area contributed by atoms with Crippen molar-refractivity contribution in [2.75, 3.05) is 19.8 Å². The maximum Gasteiger partial charge on any atom is 0.344 e. The molecule has 0 saturated heterocycles. The summed E-state index contributed by atoms with van der Waals surface area (Å²) in [6, 6.07) is 0. The molecule has 0 spiro atoms. The van der Waals surface area contributed by atoms with Gasteiger partial charge < -0.3 is 14.2 Å². The van der Waals surface area contributed by atoms with Crippen LogP contribution in [0.1, 0.15) is 41.0 Å². The molecule has 0 radical (unpaired) electrons. The van der Waals surface area contributed by atoms with E-state index in [0.717, 1.165) is 6.42 Å². The SMILES string of the molecule is CCOC(C)C(=O)OCC(=O)OCCC(C)(C)C. The topological polar surface area (TPSA) is 61.8 Å². The summed E-state index contributed by atoms with van der Waals surface area (Å²) in [4.78, 5) is 22.6. The zero-order valence-corrected chi connectivity index (χ0v) is 11.9. The Morgan fingerprint density at radius 1 is 1.17 bits per heavy atom. The lowest BCUT2D eigenvalue weighted by Gasteiger charge is -2.17. The first-order valence-corrected chi connectivity index (χ1v) is 6.20. The van der Waals surface area contributed by atoms with Gasteiger partial charge in [0.15, 0.2) is 12.7 Å². The summed E-state index contributed by atoms with van der Waals surface area (Å²) in [5, 5.41) is 0. The number of carbonyl (C=O) groups is 2. The van der Waals surface area contributed by atoms with E-state index in [0.29, 0.717) is 13.2 Å². The Kier molecular flexibility index (Phi) is 7.59. The van der Waals surface area contributed by atoms with E-state index in [9.17, 15) is 9.59 Å². The molecule has 0 aromatic rings. The fourth-order valence-electron chi connectivity index (χ4n) is 1.08. The summed E-state index contributed by atoms with van der Waals surface area (Å²) < 4.78 is 14.7. The van der Waals surface area contributed by atoms with Crippen molar-refractivity contribution >= 4 is 11.9 Å². The van der Waals surface area contributed by atoms with Gasteiger partial charge in [0.1, 0.15) is 0 Å². The molecule has 0 N–H and O–H groups in total. The molecule has 1 unspecified atom stereocenters. The third-order valence-corrected chi connectivity index (χ3v) is 2.20. The molecule has 0 heterocycles. The van der Waals surface area contributed by atoms with Crippen LogP contribution in [0.5, 0.6) is 0 Å². The minimum absolute atomic E-state index is 0.112. The van der Waals surface area contributed by atoms with Crippen LogP contribution in [-0.2, 0) is 23.8 Å². The third-order valence-electron chi connectivity index (χ3n) is 2.20. The molecule has 0 aromatic carbocycles. The molecule has 0 aliphatic heterocycles. The number of rotatable bonds is 7. The summed E-state index contributed by atoms with van der Waals surface area (Å²) in [6.45, 7) is 9.94. The van der Waals surface area contributed by atoms with Gasteiger partial charge >= 0.3 is 11.9 Å². The van der Waals surface area contributed by atoms with Crippen molar-refractivity contribution in [2.45, 2.75) is 47.1 Å². The molecule has 5 heteroatoms. The predicted octanol–water partition coefficient (Wildman–Crippen LogP) is 1.93. The first-order chi connectivity index (χ1) is 8.26. The average Bonchev–Trinajstić information content (AvgIpc) is 2.24. The van der Waals surface area contributed by atoms with Gasteiger partial charge in [-0.3, -0.25) is 0 Å². The monoisotopic (exact) mass is 260 g/mol. The molecule has 1 atom stereocenters. The Labute approximate surface area is 109 Å². The van der Waals surface area contributed by atoms with Crippen LogP contribution in [0.25, 0.3) is 0 Å². The number of esters is 2. The van der Waals surface area contributed by atoms with Gasteiger partial charge in [-0.15, -0.1) is 0 Å². The summed E-state index contributed by atoms with van der Waals surface area (Å²) in [5.74, 6) is -1.08. The molecular weight excluding hydrogens is 236 g/mol. The van der Waals surface area contributed by atoms with Crippen molar-refractivity contribution < 1.29 is 23.8 Å². The molecule has 0 aliphatic rings. The van der Waals surface area contributed by atoms with Gasteiger partial charge in [-0.25, -0.2) is 9.59 Å². The summed E-state index contributed by atoms with van der Waals surface area (Å²) >= 11 is 0. The zero-order valence-electron chi connectivity index (χ0n) is 11.9. The van der Waals surface area contributed by atoms with Crippen molar-refractivity contribution in [3.63, 3.8) is 0 Å². The van der Waals surface area contributed by atoms with Crippen LogP contribution in [0.15, 0.2) is 0 Å². The van der Waals surface area contributed by atoms with Crippen LogP contribution in [0.3, 0.4) is 0 Å². The van der Waals surface area contributed by atoms with E-state index >= 15 is 0 Å². The highest BCUT2D eigenvalue weighted by Gasteiger charge is 2.17. The van der Waals surface area contributed by atoms with E-state index in [-0.39, 0.29) is 12.0 Å². The van der Waals surface area contributed by atoms with Crippen molar-refractivity contribution in [1.29, 1.82) is 0 Å². The van der Waals surface area contributed by atoms with Crippen LogP contribution in [0.2, 0.25) is 0 Å². The lowest BCUT2D eigenvalue weighted by atomic mass is 9.93. The number of ether oxygens (including phenoxy) is 3. The first kappa shape index (κ1) is 16.9. The first-order valence-electron chi connectivity index (χ1n) is 6.20. The van der Waals surface area contributed by atoms with Gasteiger partial charge in [0.2, 0.25) is 0 Å². The highest BCUT2D eigenvalue weighted by molar-refractivity contribution is 5.78. The summed E-state index contributed by atoms with van der Waals surface area (Å²) in [6.07, 6.45) is 0.111. The van der Waals surface area contributed by atoms with E-state index in [2.05, 4.69) is 20.8 Å². The molecule has 0 aromatic heterocycles. The fourth-order valence-corrected chi connectivity index (χ4v) is 1.08. The molecule has 0 bridgehead atoms. The minimum Gasteiger partial charge on any atom is -0.463 e. The predicted molar refractivity (Wildman–Crippen MR) is 67.1 cm³/mol. The third kappa shape index (κ3) is 8.98.